The number of para-hydroxylation sites is 1. The number of rotatable bonds is 3. The van der Waals surface area contributed by atoms with E-state index >= 15 is 0 Å². The summed E-state index contributed by atoms with van der Waals surface area (Å²) in [7, 11) is 0. The summed E-state index contributed by atoms with van der Waals surface area (Å²) in [4.78, 5) is 14.1. The molecule has 0 aliphatic carbocycles. The van der Waals surface area contributed by atoms with Gasteiger partial charge in [-0.3, -0.25) is 4.79 Å². The van der Waals surface area contributed by atoms with Crippen molar-refractivity contribution in [1.82, 2.24) is 0 Å². The van der Waals surface area contributed by atoms with Gasteiger partial charge in [0.2, 0.25) is 0 Å². The number of carbonyl (C=O) groups is 1. The van der Waals surface area contributed by atoms with E-state index in [-0.39, 0.29) is 12.5 Å². The minimum absolute atomic E-state index is 0.0308. The van der Waals surface area contributed by atoms with Crippen molar-refractivity contribution >= 4 is 11.6 Å². The summed E-state index contributed by atoms with van der Waals surface area (Å²) in [5, 5.41) is 8.95. The molecule has 18 heavy (non-hydrogen) atoms. The van der Waals surface area contributed by atoms with Gasteiger partial charge in [-0.2, -0.15) is 0 Å². The number of amides is 1. The van der Waals surface area contributed by atoms with Crippen LogP contribution in [0, 0.1) is 13.8 Å². The first-order valence-electron chi connectivity index (χ1n) is 6.25. The highest BCUT2D eigenvalue weighted by molar-refractivity contribution is 5.98. The fourth-order valence-corrected chi connectivity index (χ4v) is 2.42. The largest absolute Gasteiger partial charge is 0.396 e. The Morgan fingerprint density at radius 1 is 1.39 bits per heavy atom. The number of aliphatic hydroxyl groups excluding tert-OH is 1. The van der Waals surface area contributed by atoms with Crippen LogP contribution in [0.15, 0.2) is 18.2 Å². The lowest BCUT2D eigenvalue weighted by molar-refractivity contribution is -0.134. The first kappa shape index (κ1) is 13.1. The second kappa shape index (κ2) is 5.50. The molecule has 1 N–H and O–H groups in total. The number of benzene rings is 1. The number of nitrogens with zero attached hydrogens (tertiary/aromatic N) is 1. The molecule has 1 atom stereocenters. The van der Waals surface area contributed by atoms with E-state index in [0.29, 0.717) is 19.6 Å². The van der Waals surface area contributed by atoms with Gasteiger partial charge in [-0.1, -0.05) is 18.2 Å². The van der Waals surface area contributed by atoms with Crippen LogP contribution in [0.1, 0.15) is 17.5 Å². The highest BCUT2D eigenvalue weighted by Gasteiger charge is 2.31. The number of aliphatic hydroxyl groups is 1. The van der Waals surface area contributed by atoms with Crippen molar-refractivity contribution in [1.29, 1.82) is 0 Å². The van der Waals surface area contributed by atoms with Crippen LogP contribution in [0.4, 0.5) is 5.69 Å². The molecule has 1 aliphatic heterocycles. The molecule has 0 bridgehead atoms. The van der Waals surface area contributed by atoms with Crippen LogP contribution in [0.5, 0.6) is 0 Å². The van der Waals surface area contributed by atoms with E-state index in [1.807, 2.05) is 32.0 Å². The molecule has 1 unspecified atom stereocenters. The average Bonchev–Trinajstić information content (AvgIpc) is 2.33. The lowest BCUT2D eigenvalue weighted by atomic mass is 10.1. The lowest BCUT2D eigenvalue weighted by Gasteiger charge is -2.34. The van der Waals surface area contributed by atoms with E-state index in [9.17, 15) is 4.79 Å². The van der Waals surface area contributed by atoms with Gasteiger partial charge in [-0.05, 0) is 25.0 Å². The lowest BCUT2D eigenvalue weighted by Crippen LogP contribution is -2.48. The van der Waals surface area contributed by atoms with Gasteiger partial charge in [0.15, 0.2) is 0 Å². The van der Waals surface area contributed by atoms with Gasteiger partial charge in [0, 0.05) is 25.3 Å². The van der Waals surface area contributed by atoms with Crippen molar-refractivity contribution in [3.8, 4) is 0 Å². The molecule has 1 fully saturated rings. The van der Waals surface area contributed by atoms with Crippen LogP contribution in [0.2, 0.25) is 0 Å². The number of carbonyl (C=O) groups excluding carboxylic acids is 1. The number of aryl methyl sites for hydroxylation is 2. The minimum atomic E-state index is -0.511. The summed E-state index contributed by atoms with van der Waals surface area (Å²) in [6.07, 6.45) is -0.150. The van der Waals surface area contributed by atoms with E-state index in [0.717, 1.165) is 16.8 Å². The molecule has 1 aromatic carbocycles. The smallest absolute Gasteiger partial charge is 0.256 e. The van der Waals surface area contributed by atoms with Crippen LogP contribution in [-0.4, -0.2) is 36.9 Å². The molecule has 2 rings (SSSR count). The van der Waals surface area contributed by atoms with E-state index in [4.69, 9.17) is 9.84 Å². The second-order valence-corrected chi connectivity index (χ2v) is 4.60. The van der Waals surface area contributed by atoms with Gasteiger partial charge in [0.1, 0.15) is 6.10 Å². The van der Waals surface area contributed by atoms with E-state index < -0.39 is 6.10 Å². The molecule has 0 spiro atoms. The highest BCUT2D eigenvalue weighted by atomic mass is 16.5. The van der Waals surface area contributed by atoms with Gasteiger partial charge in [0.25, 0.3) is 5.91 Å². The molecule has 98 valence electrons. The maximum Gasteiger partial charge on any atom is 0.256 e. The van der Waals surface area contributed by atoms with Crippen molar-refractivity contribution < 1.29 is 14.6 Å². The Balaban J connectivity index is 2.29. The fraction of sp³-hybridized carbons (Fsp3) is 0.500. The molecule has 0 aromatic heterocycles. The van der Waals surface area contributed by atoms with Crippen LogP contribution in [0.3, 0.4) is 0 Å². The monoisotopic (exact) mass is 249 g/mol. The molecule has 1 amide bonds. The molecule has 1 aliphatic rings. The molecule has 1 saturated heterocycles. The van der Waals surface area contributed by atoms with Gasteiger partial charge in [0.05, 0.1) is 6.61 Å². The van der Waals surface area contributed by atoms with Crippen LogP contribution < -0.4 is 4.90 Å². The first-order chi connectivity index (χ1) is 8.65. The summed E-state index contributed by atoms with van der Waals surface area (Å²) in [5.74, 6) is -0.0484. The Bertz CT molecular complexity index is 422. The predicted octanol–water partition coefficient (Wildman–Crippen LogP) is 1.42. The van der Waals surface area contributed by atoms with E-state index in [1.54, 1.807) is 4.90 Å². The van der Waals surface area contributed by atoms with Crippen molar-refractivity contribution in [2.45, 2.75) is 26.4 Å². The predicted molar refractivity (Wildman–Crippen MR) is 69.7 cm³/mol. The summed E-state index contributed by atoms with van der Waals surface area (Å²) >= 11 is 0. The zero-order valence-corrected chi connectivity index (χ0v) is 10.8. The normalized spacial score (nSPS) is 20.3. The quantitative estimate of drug-likeness (QED) is 0.881. The number of hydrogen-bond donors (Lipinski definition) is 1. The van der Waals surface area contributed by atoms with Gasteiger partial charge in [-0.15, -0.1) is 0 Å². The van der Waals surface area contributed by atoms with Crippen LogP contribution in [-0.2, 0) is 9.53 Å². The molecule has 1 aromatic rings. The van der Waals surface area contributed by atoms with Crippen molar-refractivity contribution in [3.63, 3.8) is 0 Å². The number of morpholine rings is 1. The molecule has 1 heterocycles. The Hall–Kier alpha value is -1.39. The Morgan fingerprint density at radius 3 is 2.67 bits per heavy atom. The topological polar surface area (TPSA) is 49.8 Å². The maximum absolute atomic E-state index is 12.3. The third-order valence-corrected chi connectivity index (χ3v) is 3.28. The summed E-state index contributed by atoms with van der Waals surface area (Å²) in [6, 6.07) is 6.00. The number of hydrogen-bond acceptors (Lipinski definition) is 3. The Labute approximate surface area is 107 Å². The van der Waals surface area contributed by atoms with Gasteiger partial charge < -0.3 is 14.7 Å². The molecule has 4 nitrogen and oxygen atoms in total. The third-order valence-electron chi connectivity index (χ3n) is 3.28. The van der Waals surface area contributed by atoms with Crippen LogP contribution >= 0.6 is 0 Å². The zero-order chi connectivity index (χ0) is 13.1. The molecule has 0 saturated carbocycles. The van der Waals surface area contributed by atoms with Crippen molar-refractivity contribution in [2.24, 2.45) is 0 Å². The molecular weight excluding hydrogens is 230 g/mol. The minimum Gasteiger partial charge on any atom is -0.396 e. The first-order valence-corrected chi connectivity index (χ1v) is 6.25. The second-order valence-electron chi connectivity index (χ2n) is 4.60. The molecular formula is C14H19NO3. The van der Waals surface area contributed by atoms with E-state index in [2.05, 4.69) is 0 Å². The number of ether oxygens (including phenoxy) is 1. The SMILES string of the molecule is Cc1cccc(C)c1N1CCOC(CCO)C1=O. The Morgan fingerprint density at radius 2 is 2.06 bits per heavy atom. The van der Waals surface area contributed by atoms with Gasteiger partial charge in [-0.25, -0.2) is 0 Å². The third kappa shape index (κ3) is 2.40. The number of anilines is 1. The fourth-order valence-electron chi connectivity index (χ4n) is 2.42. The molecule has 0 radical (unpaired) electrons. The van der Waals surface area contributed by atoms with Crippen LogP contribution in [0.25, 0.3) is 0 Å². The highest BCUT2D eigenvalue weighted by Crippen LogP contribution is 2.27. The average molecular weight is 249 g/mol. The summed E-state index contributed by atoms with van der Waals surface area (Å²) in [6.45, 7) is 5.08. The molecule has 4 heteroatoms. The maximum atomic E-state index is 12.3. The Kier molecular flexibility index (Phi) is 3.99. The standard InChI is InChI=1S/C14H19NO3/c1-10-4-3-5-11(2)13(10)15-7-9-18-12(6-8-16)14(15)17/h3-5,12,16H,6-9H2,1-2H3. The van der Waals surface area contributed by atoms with Gasteiger partial charge >= 0.3 is 0 Å². The van der Waals surface area contributed by atoms with Crippen molar-refractivity contribution in [2.75, 3.05) is 24.7 Å². The summed E-state index contributed by atoms with van der Waals surface area (Å²) in [5.41, 5.74) is 3.16. The zero-order valence-electron chi connectivity index (χ0n) is 10.8. The summed E-state index contributed by atoms with van der Waals surface area (Å²) < 4.78 is 5.41. The van der Waals surface area contributed by atoms with Crippen molar-refractivity contribution in [3.05, 3.63) is 29.3 Å². The van der Waals surface area contributed by atoms with E-state index in [1.165, 1.54) is 0 Å².